The highest BCUT2D eigenvalue weighted by Gasteiger charge is 2.41. The maximum atomic E-state index is 12.5. The summed E-state index contributed by atoms with van der Waals surface area (Å²) in [6, 6.07) is 3.61. The third kappa shape index (κ3) is 2.29. The van der Waals surface area contributed by atoms with Crippen molar-refractivity contribution in [2.45, 2.75) is 45.6 Å². The van der Waals surface area contributed by atoms with Crippen molar-refractivity contribution in [2.75, 3.05) is 7.11 Å². The van der Waals surface area contributed by atoms with Crippen molar-refractivity contribution >= 4 is 5.78 Å². The summed E-state index contributed by atoms with van der Waals surface area (Å²) < 4.78 is 10.5. The van der Waals surface area contributed by atoms with Crippen LogP contribution in [-0.2, 0) is 11.3 Å². The largest absolute Gasteiger partial charge is 0.455 e. The fourth-order valence-corrected chi connectivity index (χ4v) is 2.77. The van der Waals surface area contributed by atoms with Gasteiger partial charge in [-0.25, -0.2) is 0 Å². The van der Waals surface area contributed by atoms with Gasteiger partial charge < -0.3 is 9.15 Å². The average molecular weight is 236 g/mol. The molecule has 0 aliphatic heterocycles. The van der Waals surface area contributed by atoms with E-state index in [0.717, 1.165) is 37.9 Å². The highest BCUT2D eigenvalue weighted by Crippen LogP contribution is 2.43. The van der Waals surface area contributed by atoms with Crippen LogP contribution in [0.4, 0.5) is 0 Å². The lowest BCUT2D eigenvalue weighted by Crippen LogP contribution is -2.26. The van der Waals surface area contributed by atoms with Crippen LogP contribution in [0.15, 0.2) is 16.5 Å². The maximum absolute atomic E-state index is 12.5. The number of ketones is 1. The van der Waals surface area contributed by atoms with E-state index in [-0.39, 0.29) is 11.2 Å². The van der Waals surface area contributed by atoms with Gasteiger partial charge in [0, 0.05) is 12.5 Å². The van der Waals surface area contributed by atoms with Gasteiger partial charge in [0.15, 0.2) is 5.76 Å². The summed E-state index contributed by atoms with van der Waals surface area (Å²) in [5, 5.41) is 0. The molecule has 0 aromatic carbocycles. The van der Waals surface area contributed by atoms with Gasteiger partial charge in [-0.15, -0.1) is 0 Å². The standard InChI is InChI=1S/C14H20O3/c1-3-14(8-4-5-9-14)13(15)12-7-6-11(17-12)10-16-2/h6-7H,3-5,8-10H2,1-2H3. The fourth-order valence-electron chi connectivity index (χ4n) is 2.77. The number of rotatable bonds is 5. The molecule has 1 fully saturated rings. The molecule has 3 heteroatoms. The Kier molecular flexibility index (Phi) is 3.67. The van der Waals surface area contributed by atoms with E-state index in [1.54, 1.807) is 13.2 Å². The molecule has 1 aliphatic rings. The summed E-state index contributed by atoms with van der Waals surface area (Å²) in [5.41, 5.74) is -0.164. The van der Waals surface area contributed by atoms with Crippen molar-refractivity contribution < 1.29 is 13.9 Å². The number of Topliss-reactive ketones (excluding diaryl/α,β-unsaturated/α-hetero) is 1. The first kappa shape index (κ1) is 12.4. The van der Waals surface area contributed by atoms with Crippen LogP contribution in [0.1, 0.15) is 55.3 Å². The highest BCUT2D eigenvalue weighted by molar-refractivity contribution is 5.98. The number of ether oxygens (including phenoxy) is 1. The number of hydrogen-bond donors (Lipinski definition) is 0. The zero-order chi connectivity index (χ0) is 12.3. The minimum Gasteiger partial charge on any atom is -0.455 e. The van der Waals surface area contributed by atoms with Crippen molar-refractivity contribution in [3.63, 3.8) is 0 Å². The predicted molar refractivity (Wildman–Crippen MR) is 64.9 cm³/mol. The van der Waals surface area contributed by atoms with E-state index in [9.17, 15) is 4.79 Å². The van der Waals surface area contributed by atoms with E-state index in [1.807, 2.05) is 6.07 Å². The molecule has 0 atom stereocenters. The maximum Gasteiger partial charge on any atom is 0.204 e. The summed E-state index contributed by atoms with van der Waals surface area (Å²) in [7, 11) is 1.62. The Labute approximate surface area is 102 Å². The van der Waals surface area contributed by atoms with Gasteiger partial charge in [-0.05, 0) is 31.4 Å². The van der Waals surface area contributed by atoms with Crippen molar-refractivity contribution in [3.05, 3.63) is 23.7 Å². The van der Waals surface area contributed by atoms with Crippen LogP contribution < -0.4 is 0 Å². The molecule has 1 aromatic heterocycles. The normalized spacial score (nSPS) is 18.5. The molecule has 3 nitrogen and oxygen atoms in total. The van der Waals surface area contributed by atoms with Gasteiger partial charge >= 0.3 is 0 Å². The molecular weight excluding hydrogens is 216 g/mol. The van der Waals surface area contributed by atoms with Crippen LogP contribution in [0.5, 0.6) is 0 Å². The van der Waals surface area contributed by atoms with Crippen LogP contribution in [0.2, 0.25) is 0 Å². The molecule has 0 radical (unpaired) electrons. The average Bonchev–Trinajstić information content (AvgIpc) is 2.98. The Bertz CT molecular complexity index is 386. The van der Waals surface area contributed by atoms with Crippen LogP contribution in [0, 0.1) is 5.41 Å². The second kappa shape index (κ2) is 5.05. The molecule has 1 aliphatic carbocycles. The Balaban J connectivity index is 2.17. The molecule has 1 aromatic rings. The quantitative estimate of drug-likeness (QED) is 0.733. The van der Waals surface area contributed by atoms with Gasteiger partial charge in [0.25, 0.3) is 0 Å². The molecule has 2 rings (SSSR count). The molecule has 0 saturated heterocycles. The van der Waals surface area contributed by atoms with Crippen molar-refractivity contribution in [1.29, 1.82) is 0 Å². The molecule has 0 spiro atoms. The molecule has 0 N–H and O–H groups in total. The van der Waals surface area contributed by atoms with Crippen molar-refractivity contribution in [3.8, 4) is 0 Å². The van der Waals surface area contributed by atoms with Crippen molar-refractivity contribution in [2.24, 2.45) is 5.41 Å². The molecule has 0 unspecified atom stereocenters. The first-order valence-corrected chi connectivity index (χ1v) is 6.34. The summed E-state index contributed by atoms with van der Waals surface area (Å²) in [4.78, 5) is 12.5. The van der Waals surface area contributed by atoms with Crippen molar-refractivity contribution in [1.82, 2.24) is 0 Å². The minimum absolute atomic E-state index is 0.164. The number of carbonyl (C=O) groups is 1. The molecule has 0 amide bonds. The minimum atomic E-state index is -0.164. The monoisotopic (exact) mass is 236 g/mol. The molecule has 1 heterocycles. The predicted octanol–water partition coefficient (Wildman–Crippen LogP) is 3.58. The Morgan fingerprint density at radius 1 is 1.41 bits per heavy atom. The van der Waals surface area contributed by atoms with Gasteiger partial charge in [-0.1, -0.05) is 19.8 Å². The Morgan fingerprint density at radius 2 is 2.12 bits per heavy atom. The Morgan fingerprint density at radius 3 is 2.71 bits per heavy atom. The van der Waals surface area contributed by atoms with Gasteiger partial charge in [-0.2, -0.15) is 0 Å². The summed E-state index contributed by atoms with van der Waals surface area (Å²) in [5.74, 6) is 1.40. The highest BCUT2D eigenvalue weighted by atomic mass is 16.5. The van der Waals surface area contributed by atoms with E-state index in [2.05, 4.69) is 6.92 Å². The third-order valence-electron chi connectivity index (χ3n) is 3.89. The van der Waals surface area contributed by atoms with E-state index < -0.39 is 0 Å². The zero-order valence-electron chi connectivity index (χ0n) is 10.6. The van der Waals surface area contributed by atoms with E-state index in [4.69, 9.17) is 9.15 Å². The summed E-state index contributed by atoms with van der Waals surface area (Å²) >= 11 is 0. The van der Waals surface area contributed by atoms with Crippen LogP contribution in [0.25, 0.3) is 0 Å². The third-order valence-corrected chi connectivity index (χ3v) is 3.89. The molecule has 94 valence electrons. The smallest absolute Gasteiger partial charge is 0.204 e. The molecule has 1 saturated carbocycles. The lowest BCUT2D eigenvalue weighted by Gasteiger charge is -2.24. The van der Waals surface area contributed by atoms with Gasteiger partial charge in [0.2, 0.25) is 5.78 Å². The molecular formula is C14H20O3. The van der Waals surface area contributed by atoms with E-state index >= 15 is 0 Å². The second-order valence-corrected chi connectivity index (χ2v) is 4.87. The zero-order valence-corrected chi connectivity index (χ0v) is 10.6. The topological polar surface area (TPSA) is 39.4 Å². The van der Waals surface area contributed by atoms with E-state index in [1.165, 1.54) is 0 Å². The number of furan rings is 1. The summed E-state index contributed by atoms with van der Waals surface area (Å²) in [6.45, 7) is 2.52. The molecule has 17 heavy (non-hydrogen) atoms. The fraction of sp³-hybridized carbons (Fsp3) is 0.643. The van der Waals surface area contributed by atoms with Crippen LogP contribution in [0.3, 0.4) is 0 Å². The first-order valence-electron chi connectivity index (χ1n) is 6.34. The first-order chi connectivity index (χ1) is 8.22. The van der Waals surface area contributed by atoms with Gasteiger partial charge in [0.1, 0.15) is 12.4 Å². The molecule has 0 bridgehead atoms. The number of methoxy groups -OCH3 is 1. The van der Waals surface area contributed by atoms with Crippen LogP contribution >= 0.6 is 0 Å². The SMILES string of the molecule is CCC1(C(=O)c2ccc(COC)o2)CCCC1. The summed E-state index contributed by atoms with van der Waals surface area (Å²) in [6.07, 6.45) is 5.23. The van der Waals surface area contributed by atoms with E-state index in [0.29, 0.717) is 12.4 Å². The van der Waals surface area contributed by atoms with Crippen LogP contribution in [-0.4, -0.2) is 12.9 Å². The number of hydrogen-bond acceptors (Lipinski definition) is 3. The van der Waals surface area contributed by atoms with Gasteiger partial charge in [-0.3, -0.25) is 4.79 Å². The van der Waals surface area contributed by atoms with Gasteiger partial charge in [0.05, 0.1) is 0 Å². The number of carbonyl (C=O) groups excluding carboxylic acids is 1. The second-order valence-electron chi connectivity index (χ2n) is 4.87. The lowest BCUT2D eigenvalue weighted by molar-refractivity contribution is 0.0752. The Hall–Kier alpha value is -1.09. The lowest BCUT2D eigenvalue weighted by atomic mass is 9.78.